The van der Waals surface area contributed by atoms with Crippen molar-refractivity contribution in [3.63, 3.8) is 0 Å². The summed E-state index contributed by atoms with van der Waals surface area (Å²) in [5, 5.41) is 0. The van der Waals surface area contributed by atoms with Gasteiger partial charge in [-0.15, -0.1) is 0 Å². The fraction of sp³-hybridized carbons (Fsp3) is 0.500. The molecule has 1 nitrogen and oxygen atoms in total. The Morgan fingerprint density at radius 3 is 2.62 bits per heavy atom. The van der Waals surface area contributed by atoms with Crippen molar-refractivity contribution in [2.75, 3.05) is 13.1 Å². The van der Waals surface area contributed by atoms with Crippen LogP contribution in [0.3, 0.4) is 0 Å². The molecular formula is C12H14Br2FN. The number of likely N-dealkylation sites (tertiary alicyclic amines) is 1. The van der Waals surface area contributed by atoms with Crippen molar-refractivity contribution < 1.29 is 4.39 Å². The van der Waals surface area contributed by atoms with Crippen LogP contribution in [0.4, 0.5) is 4.39 Å². The molecule has 0 aromatic heterocycles. The van der Waals surface area contributed by atoms with Crippen LogP contribution in [0.5, 0.6) is 0 Å². The lowest BCUT2D eigenvalue weighted by molar-refractivity contribution is 0.145. The largest absolute Gasteiger partial charge is 0.299 e. The van der Waals surface area contributed by atoms with E-state index in [4.69, 9.17) is 0 Å². The van der Waals surface area contributed by atoms with Crippen LogP contribution in [0.15, 0.2) is 27.1 Å². The third-order valence-corrected chi connectivity index (χ3v) is 5.07. The first kappa shape index (κ1) is 12.5. The predicted molar refractivity (Wildman–Crippen MR) is 71.2 cm³/mol. The van der Waals surface area contributed by atoms with Crippen molar-refractivity contribution in [2.45, 2.75) is 25.6 Å². The average Bonchev–Trinajstić information content (AvgIpc) is 2.28. The van der Waals surface area contributed by atoms with Crippen LogP contribution in [-0.4, -0.2) is 24.2 Å². The van der Waals surface area contributed by atoms with E-state index >= 15 is 0 Å². The van der Waals surface area contributed by atoms with Gasteiger partial charge in [-0.1, -0.05) is 12.1 Å². The molecule has 1 saturated heterocycles. The molecule has 0 unspecified atom stereocenters. The molecule has 1 fully saturated rings. The van der Waals surface area contributed by atoms with Gasteiger partial charge >= 0.3 is 0 Å². The van der Waals surface area contributed by atoms with Crippen molar-refractivity contribution in [3.05, 3.63) is 32.7 Å². The first-order valence-corrected chi connectivity index (χ1v) is 7.04. The van der Waals surface area contributed by atoms with Crippen LogP contribution in [0.2, 0.25) is 0 Å². The van der Waals surface area contributed by atoms with Gasteiger partial charge in [0.05, 0.1) is 0 Å². The summed E-state index contributed by atoms with van der Waals surface area (Å²) >= 11 is 7.07. The second-order valence-corrected chi connectivity index (χ2v) is 5.81. The molecule has 0 bridgehead atoms. The van der Waals surface area contributed by atoms with E-state index in [0.29, 0.717) is 12.8 Å². The number of piperidine rings is 1. The van der Waals surface area contributed by atoms with Crippen LogP contribution in [0.1, 0.15) is 18.4 Å². The summed E-state index contributed by atoms with van der Waals surface area (Å²) in [5.41, 5.74) is 1.26. The van der Waals surface area contributed by atoms with Gasteiger partial charge in [0.2, 0.25) is 0 Å². The molecule has 0 aliphatic carbocycles. The molecule has 1 aromatic carbocycles. The molecule has 0 spiro atoms. The smallest absolute Gasteiger partial charge is 0.103 e. The molecule has 88 valence electrons. The summed E-state index contributed by atoms with van der Waals surface area (Å²) in [4.78, 5) is 2.31. The highest BCUT2D eigenvalue weighted by atomic mass is 79.9. The Bertz CT molecular complexity index is 362. The monoisotopic (exact) mass is 349 g/mol. The van der Waals surface area contributed by atoms with Crippen LogP contribution >= 0.6 is 31.9 Å². The van der Waals surface area contributed by atoms with Gasteiger partial charge in [0.25, 0.3) is 0 Å². The Morgan fingerprint density at radius 1 is 1.25 bits per heavy atom. The first-order chi connectivity index (χ1) is 7.66. The lowest BCUT2D eigenvalue weighted by Crippen LogP contribution is -2.33. The molecule has 16 heavy (non-hydrogen) atoms. The molecule has 1 heterocycles. The summed E-state index contributed by atoms with van der Waals surface area (Å²) < 4.78 is 15.2. The standard InChI is InChI=1S/C12H14Br2FN/c13-11-3-1-2-9(12(11)14)8-16-6-4-10(15)5-7-16/h1-3,10H,4-8H2. The van der Waals surface area contributed by atoms with Gasteiger partial charge < -0.3 is 0 Å². The van der Waals surface area contributed by atoms with E-state index in [-0.39, 0.29) is 0 Å². The highest BCUT2D eigenvalue weighted by Gasteiger charge is 2.19. The summed E-state index contributed by atoms with van der Waals surface area (Å²) in [6, 6.07) is 6.16. The van der Waals surface area contributed by atoms with Crippen molar-refractivity contribution in [1.82, 2.24) is 4.90 Å². The van der Waals surface area contributed by atoms with E-state index in [1.807, 2.05) is 12.1 Å². The fourth-order valence-electron chi connectivity index (χ4n) is 1.97. The van der Waals surface area contributed by atoms with Gasteiger partial charge in [-0.2, -0.15) is 0 Å². The highest BCUT2D eigenvalue weighted by Crippen LogP contribution is 2.28. The number of hydrogen-bond acceptors (Lipinski definition) is 1. The Kier molecular flexibility index (Phi) is 4.39. The zero-order chi connectivity index (χ0) is 11.5. The minimum atomic E-state index is -0.595. The van der Waals surface area contributed by atoms with Crippen LogP contribution in [0, 0.1) is 0 Å². The summed E-state index contributed by atoms with van der Waals surface area (Å²) in [6.07, 6.45) is 0.749. The summed E-state index contributed by atoms with van der Waals surface area (Å²) in [6.45, 7) is 2.62. The van der Waals surface area contributed by atoms with E-state index in [9.17, 15) is 4.39 Å². The lowest BCUT2D eigenvalue weighted by atomic mass is 10.1. The minimum Gasteiger partial charge on any atom is -0.299 e. The van der Waals surface area contributed by atoms with Gasteiger partial charge in [0, 0.05) is 28.6 Å². The summed E-state index contributed by atoms with van der Waals surface area (Å²) in [7, 11) is 0. The normalized spacial score (nSPS) is 18.9. The number of hydrogen-bond donors (Lipinski definition) is 0. The lowest BCUT2D eigenvalue weighted by Gasteiger charge is -2.28. The zero-order valence-electron chi connectivity index (χ0n) is 8.93. The second-order valence-electron chi connectivity index (χ2n) is 4.16. The van der Waals surface area contributed by atoms with Gasteiger partial charge in [-0.05, 0) is 56.3 Å². The van der Waals surface area contributed by atoms with E-state index in [1.54, 1.807) is 0 Å². The van der Waals surface area contributed by atoms with Gasteiger partial charge in [-0.3, -0.25) is 4.90 Å². The topological polar surface area (TPSA) is 3.24 Å². The molecule has 0 amide bonds. The summed E-state index contributed by atoms with van der Waals surface area (Å²) in [5.74, 6) is 0. The molecule has 0 atom stereocenters. The van der Waals surface area contributed by atoms with Crippen molar-refractivity contribution >= 4 is 31.9 Å². The Morgan fingerprint density at radius 2 is 1.94 bits per heavy atom. The van der Waals surface area contributed by atoms with Crippen LogP contribution in [-0.2, 0) is 6.54 Å². The number of alkyl halides is 1. The van der Waals surface area contributed by atoms with Crippen molar-refractivity contribution in [2.24, 2.45) is 0 Å². The highest BCUT2D eigenvalue weighted by molar-refractivity contribution is 9.13. The third-order valence-electron chi connectivity index (χ3n) is 2.94. The Labute approximate surface area is 112 Å². The minimum absolute atomic E-state index is 0.595. The van der Waals surface area contributed by atoms with E-state index in [1.165, 1.54) is 5.56 Å². The Hall–Kier alpha value is 0.0700. The van der Waals surface area contributed by atoms with Gasteiger partial charge in [0.15, 0.2) is 0 Å². The van der Waals surface area contributed by atoms with E-state index in [2.05, 4.69) is 42.8 Å². The molecule has 0 saturated carbocycles. The third kappa shape index (κ3) is 3.05. The molecule has 0 N–H and O–H groups in total. The van der Waals surface area contributed by atoms with Crippen molar-refractivity contribution in [1.29, 1.82) is 0 Å². The van der Waals surface area contributed by atoms with Crippen LogP contribution < -0.4 is 0 Å². The maximum atomic E-state index is 13.0. The number of nitrogens with zero attached hydrogens (tertiary/aromatic N) is 1. The molecule has 1 aromatic rings. The van der Waals surface area contributed by atoms with Gasteiger partial charge in [0.1, 0.15) is 6.17 Å². The number of rotatable bonds is 2. The zero-order valence-corrected chi connectivity index (χ0v) is 12.1. The Balaban J connectivity index is 2.01. The van der Waals surface area contributed by atoms with E-state index < -0.39 is 6.17 Å². The second kappa shape index (κ2) is 5.61. The molecular weight excluding hydrogens is 337 g/mol. The molecule has 0 radical (unpaired) electrons. The van der Waals surface area contributed by atoms with Crippen LogP contribution in [0.25, 0.3) is 0 Å². The molecule has 1 aliphatic heterocycles. The molecule has 1 aliphatic rings. The van der Waals surface area contributed by atoms with Gasteiger partial charge in [-0.25, -0.2) is 4.39 Å². The van der Waals surface area contributed by atoms with Crippen molar-refractivity contribution in [3.8, 4) is 0 Å². The average molecular weight is 351 g/mol. The predicted octanol–water partition coefficient (Wildman–Crippen LogP) is 4.15. The number of halogens is 3. The SMILES string of the molecule is FC1CCN(Cc2cccc(Br)c2Br)CC1. The quantitative estimate of drug-likeness (QED) is 0.774. The molecule has 2 rings (SSSR count). The first-order valence-electron chi connectivity index (χ1n) is 5.46. The maximum Gasteiger partial charge on any atom is 0.103 e. The van der Waals surface area contributed by atoms with E-state index in [0.717, 1.165) is 28.6 Å². The molecule has 4 heteroatoms. The fourth-order valence-corrected chi connectivity index (χ4v) is 2.77. The maximum absolute atomic E-state index is 13.0. The number of benzene rings is 1.